The zero-order chi connectivity index (χ0) is 26.3. The number of benzene rings is 2. The van der Waals surface area contributed by atoms with Crippen LogP contribution in [-0.2, 0) is 17.5 Å². The molecule has 0 radical (unpaired) electrons. The van der Waals surface area contributed by atoms with Crippen LogP contribution in [0.2, 0.25) is 0 Å². The number of thioether (sulfide) groups is 1. The van der Waals surface area contributed by atoms with E-state index in [-0.39, 0.29) is 35.0 Å². The van der Waals surface area contributed by atoms with Gasteiger partial charge in [-0.3, -0.25) is 19.2 Å². The minimum atomic E-state index is -4.53. The lowest BCUT2D eigenvalue weighted by atomic mass is 10.1. The van der Waals surface area contributed by atoms with E-state index in [4.69, 9.17) is 4.74 Å². The molecule has 3 heterocycles. The molecular formula is C26H25F3N4O3S. The minimum Gasteiger partial charge on any atom is -0.497 e. The molecule has 3 aromatic rings. The van der Waals surface area contributed by atoms with Gasteiger partial charge in [-0.25, -0.2) is 0 Å². The van der Waals surface area contributed by atoms with Crippen molar-refractivity contribution < 1.29 is 27.5 Å². The number of nitrogens with zero attached hydrogens (tertiary/aromatic N) is 4. The molecule has 2 aliphatic heterocycles. The fourth-order valence-corrected chi connectivity index (χ4v) is 5.64. The van der Waals surface area contributed by atoms with Gasteiger partial charge in [-0.05, 0) is 79.7 Å². The van der Waals surface area contributed by atoms with E-state index >= 15 is 0 Å². The van der Waals surface area contributed by atoms with E-state index < -0.39 is 11.7 Å². The molecule has 7 nitrogen and oxygen atoms in total. The van der Waals surface area contributed by atoms with E-state index in [1.165, 1.54) is 28.8 Å². The van der Waals surface area contributed by atoms with Gasteiger partial charge >= 0.3 is 6.18 Å². The van der Waals surface area contributed by atoms with Gasteiger partial charge in [0.1, 0.15) is 5.75 Å². The molecule has 0 unspecified atom stereocenters. The largest absolute Gasteiger partial charge is 0.497 e. The number of methoxy groups -OCH3 is 1. The van der Waals surface area contributed by atoms with Crippen LogP contribution in [0.3, 0.4) is 0 Å². The van der Waals surface area contributed by atoms with Crippen LogP contribution in [-0.4, -0.2) is 64.0 Å². The predicted molar refractivity (Wildman–Crippen MR) is 135 cm³/mol. The highest BCUT2D eigenvalue weighted by molar-refractivity contribution is 8.18. The van der Waals surface area contributed by atoms with Crippen molar-refractivity contribution in [2.75, 3.05) is 27.2 Å². The Morgan fingerprint density at radius 3 is 2.70 bits per heavy atom. The summed E-state index contributed by atoms with van der Waals surface area (Å²) in [4.78, 5) is 29.3. The number of rotatable bonds is 6. The Balaban J connectivity index is 1.37. The van der Waals surface area contributed by atoms with E-state index in [0.717, 1.165) is 37.2 Å². The third kappa shape index (κ3) is 5.10. The molecule has 5 rings (SSSR count). The number of carbonyl (C=O) groups excluding carboxylic acids is 2. The maximum absolute atomic E-state index is 13.6. The zero-order valence-electron chi connectivity index (χ0n) is 20.3. The van der Waals surface area contributed by atoms with E-state index in [1.54, 1.807) is 30.5 Å². The maximum atomic E-state index is 13.6. The lowest BCUT2D eigenvalue weighted by molar-refractivity contribution is -0.138. The Labute approximate surface area is 215 Å². The molecule has 0 saturated carbocycles. The first kappa shape index (κ1) is 25.3. The lowest BCUT2D eigenvalue weighted by Gasteiger charge is -2.23. The summed E-state index contributed by atoms with van der Waals surface area (Å²) >= 11 is 0.923. The van der Waals surface area contributed by atoms with Crippen molar-refractivity contribution in [3.8, 4) is 5.75 Å². The summed E-state index contributed by atoms with van der Waals surface area (Å²) in [5.41, 5.74) is 0.657. The third-order valence-corrected chi connectivity index (χ3v) is 7.75. The second-order valence-corrected chi connectivity index (χ2v) is 10.2. The van der Waals surface area contributed by atoms with Crippen LogP contribution in [0.1, 0.15) is 29.5 Å². The predicted octanol–water partition coefficient (Wildman–Crippen LogP) is 5.24. The molecule has 37 heavy (non-hydrogen) atoms. The molecule has 1 aromatic heterocycles. The average molecular weight is 531 g/mol. The van der Waals surface area contributed by atoms with Gasteiger partial charge in [-0.2, -0.15) is 18.3 Å². The number of likely N-dealkylation sites (tertiary alicyclic amines) is 1. The molecule has 2 aromatic carbocycles. The van der Waals surface area contributed by atoms with E-state index in [2.05, 4.69) is 10.00 Å². The molecule has 11 heteroatoms. The van der Waals surface area contributed by atoms with E-state index in [0.29, 0.717) is 27.9 Å². The summed E-state index contributed by atoms with van der Waals surface area (Å²) in [7, 11) is 3.32. The van der Waals surface area contributed by atoms with Crippen molar-refractivity contribution in [3.05, 3.63) is 64.2 Å². The summed E-state index contributed by atoms with van der Waals surface area (Å²) in [6, 6.07) is 9.36. The molecule has 1 atom stereocenters. The Bertz CT molecular complexity index is 1400. The Morgan fingerprint density at radius 2 is 2.00 bits per heavy atom. The zero-order valence-corrected chi connectivity index (χ0v) is 21.1. The quantitative estimate of drug-likeness (QED) is 0.406. The van der Waals surface area contributed by atoms with Crippen LogP contribution in [0.5, 0.6) is 5.75 Å². The van der Waals surface area contributed by atoms with Gasteiger partial charge in [0.15, 0.2) is 0 Å². The molecule has 2 fully saturated rings. The highest BCUT2D eigenvalue weighted by atomic mass is 32.2. The van der Waals surface area contributed by atoms with Gasteiger partial charge in [-0.15, -0.1) is 0 Å². The summed E-state index contributed by atoms with van der Waals surface area (Å²) < 4.78 is 47.3. The van der Waals surface area contributed by atoms with Crippen LogP contribution in [0.4, 0.5) is 18.0 Å². The van der Waals surface area contributed by atoms with Crippen molar-refractivity contribution in [1.82, 2.24) is 19.6 Å². The Hall–Kier alpha value is -3.31. The van der Waals surface area contributed by atoms with Crippen molar-refractivity contribution in [3.63, 3.8) is 0 Å². The second kappa shape index (κ2) is 9.86. The normalized spacial score (nSPS) is 20.1. The van der Waals surface area contributed by atoms with Crippen LogP contribution < -0.4 is 4.74 Å². The molecule has 0 spiro atoms. The number of aromatic nitrogens is 2. The highest BCUT2D eigenvalue weighted by Crippen LogP contribution is 2.36. The number of hydrogen-bond acceptors (Lipinski definition) is 6. The van der Waals surface area contributed by atoms with Crippen molar-refractivity contribution in [2.24, 2.45) is 0 Å². The number of alkyl halides is 3. The molecular weight excluding hydrogens is 505 g/mol. The standard InChI is InChI=1S/C26H25F3N4O3S/c1-31-9-3-4-19(31)15-32-24(34)23(37-25(32)35)11-16-5-8-22-18(10-16)13-30-33(22)14-17-6-7-20(36-2)12-21(17)26(27,28)29/h5-8,10-13,19H,3-4,9,14-15H2,1-2H3/t19-/m0/s1. The maximum Gasteiger partial charge on any atom is 0.416 e. The molecule has 0 N–H and O–H groups in total. The van der Waals surface area contributed by atoms with E-state index in [1.807, 2.05) is 7.05 Å². The molecule has 194 valence electrons. The highest BCUT2D eigenvalue weighted by Gasteiger charge is 2.38. The smallest absolute Gasteiger partial charge is 0.416 e. The number of ether oxygens (including phenoxy) is 1. The number of halogens is 3. The Kier molecular flexibility index (Phi) is 6.76. The molecule has 0 aliphatic carbocycles. The number of carbonyl (C=O) groups is 2. The van der Waals surface area contributed by atoms with Crippen molar-refractivity contribution >= 4 is 39.9 Å². The minimum absolute atomic E-state index is 0.0731. The molecule has 2 amide bonds. The van der Waals surface area contributed by atoms with Crippen LogP contribution in [0.25, 0.3) is 17.0 Å². The third-order valence-electron chi connectivity index (χ3n) is 6.84. The number of hydrogen-bond donors (Lipinski definition) is 0. The second-order valence-electron chi connectivity index (χ2n) is 9.21. The SMILES string of the molecule is COc1ccc(Cn2ncc3cc(C=C4SC(=O)N(C[C@@H]5CCCN5C)C4=O)ccc32)c(C(F)(F)F)c1. The van der Waals surface area contributed by atoms with Gasteiger partial charge < -0.3 is 9.64 Å². The van der Waals surface area contributed by atoms with Crippen LogP contribution in [0, 0.1) is 0 Å². The van der Waals surface area contributed by atoms with Gasteiger partial charge in [-0.1, -0.05) is 12.1 Å². The number of amides is 2. The summed E-state index contributed by atoms with van der Waals surface area (Å²) in [6.45, 7) is 1.27. The summed E-state index contributed by atoms with van der Waals surface area (Å²) in [6.07, 6.45) is 0.725. The fraction of sp³-hybridized carbons (Fsp3) is 0.346. The lowest BCUT2D eigenvalue weighted by Crippen LogP contribution is -2.40. The molecule has 0 bridgehead atoms. The fourth-order valence-electron chi connectivity index (χ4n) is 4.80. The average Bonchev–Trinajstić information content (AvgIpc) is 3.53. The first-order valence-electron chi connectivity index (χ1n) is 11.8. The monoisotopic (exact) mass is 530 g/mol. The summed E-state index contributed by atoms with van der Waals surface area (Å²) in [5.74, 6) is -0.170. The number of fused-ring (bicyclic) bond motifs is 1. The van der Waals surface area contributed by atoms with E-state index in [9.17, 15) is 22.8 Å². The van der Waals surface area contributed by atoms with Gasteiger partial charge in [0.05, 0.1) is 35.8 Å². The summed E-state index contributed by atoms with van der Waals surface area (Å²) in [5, 5.41) is 4.73. The Morgan fingerprint density at radius 1 is 1.19 bits per heavy atom. The van der Waals surface area contributed by atoms with Gasteiger partial charge in [0.25, 0.3) is 11.1 Å². The number of likely N-dealkylation sites (N-methyl/N-ethyl adjacent to an activating group) is 1. The van der Waals surface area contributed by atoms with Crippen LogP contribution >= 0.6 is 11.8 Å². The number of imide groups is 1. The molecule has 2 saturated heterocycles. The van der Waals surface area contributed by atoms with Crippen LogP contribution in [0.15, 0.2) is 47.5 Å². The topological polar surface area (TPSA) is 67.7 Å². The van der Waals surface area contributed by atoms with Gasteiger partial charge in [0, 0.05) is 18.0 Å². The first-order chi connectivity index (χ1) is 17.6. The van der Waals surface area contributed by atoms with Crippen molar-refractivity contribution in [1.29, 1.82) is 0 Å². The van der Waals surface area contributed by atoms with Crippen molar-refractivity contribution in [2.45, 2.75) is 31.6 Å². The van der Waals surface area contributed by atoms with Gasteiger partial charge in [0.2, 0.25) is 0 Å². The first-order valence-corrected chi connectivity index (χ1v) is 12.6. The molecule has 2 aliphatic rings.